The van der Waals surface area contributed by atoms with Gasteiger partial charge in [-0.3, -0.25) is 0 Å². The summed E-state index contributed by atoms with van der Waals surface area (Å²) in [5, 5.41) is 0. The summed E-state index contributed by atoms with van der Waals surface area (Å²) in [6.45, 7) is 13.9. The minimum absolute atomic E-state index is 0.633. The van der Waals surface area contributed by atoms with E-state index in [1.807, 2.05) is 0 Å². The molecule has 0 saturated carbocycles. The molecule has 0 amide bonds. The first kappa shape index (κ1) is 16.1. The van der Waals surface area contributed by atoms with E-state index in [0.717, 1.165) is 22.6 Å². The minimum Gasteiger partial charge on any atom is -0.361 e. The Balaban J connectivity index is 2.67. The Hall–Kier alpha value is 0.0748. The first-order valence-corrected chi connectivity index (χ1v) is 7.71. The van der Waals surface area contributed by atoms with Crippen molar-refractivity contribution >= 4 is 22.6 Å². The van der Waals surface area contributed by atoms with Crippen LogP contribution < -0.4 is 0 Å². The Morgan fingerprint density at radius 2 is 1.28 bits per heavy atom. The van der Waals surface area contributed by atoms with Crippen LogP contribution in [0.1, 0.15) is 60.8 Å². The third-order valence-electron chi connectivity index (χ3n) is 4.36. The van der Waals surface area contributed by atoms with E-state index < -0.39 is 0 Å². The van der Waals surface area contributed by atoms with E-state index >= 15 is 0 Å². The molecule has 0 aromatic carbocycles. The lowest BCUT2D eigenvalue weighted by Gasteiger charge is -2.46. The average Bonchev–Trinajstić information content (AvgIpc) is 2.37. The number of nitrogens with zero attached hydrogens (tertiary/aromatic N) is 3. The minimum atomic E-state index is 0.633. The Labute approximate surface area is 116 Å². The van der Waals surface area contributed by atoms with E-state index in [0.29, 0.717) is 18.1 Å². The summed E-state index contributed by atoms with van der Waals surface area (Å²) in [5.74, 6) is 0. The van der Waals surface area contributed by atoms with Crippen molar-refractivity contribution in [1.82, 2.24) is 14.2 Å². The fourth-order valence-corrected chi connectivity index (χ4v) is 2.58. The quantitative estimate of drug-likeness (QED) is 0.652. The highest BCUT2D eigenvalue weighted by molar-refractivity contribution is 6.65. The van der Waals surface area contributed by atoms with Crippen molar-refractivity contribution in [2.24, 2.45) is 0 Å². The Morgan fingerprint density at radius 1 is 0.778 bits per heavy atom. The second-order valence-electron chi connectivity index (χ2n) is 6.18. The van der Waals surface area contributed by atoms with Gasteiger partial charge in [-0.15, -0.1) is 0 Å². The van der Waals surface area contributed by atoms with Gasteiger partial charge in [-0.25, -0.2) is 0 Å². The van der Waals surface area contributed by atoms with Crippen LogP contribution in [0.5, 0.6) is 0 Å². The molecule has 102 valence electrons. The van der Waals surface area contributed by atoms with Crippen LogP contribution in [0.25, 0.3) is 0 Å². The Kier molecular flexibility index (Phi) is 6.82. The van der Waals surface area contributed by atoms with Crippen LogP contribution in [0.2, 0.25) is 0 Å². The van der Waals surface area contributed by atoms with Crippen molar-refractivity contribution in [3.63, 3.8) is 0 Å². The van der Waals surface area contributed by atoms with Gasteiger partial charge in [-0.2, -0.15) is 0 Å². The first-order chi connectivity index (χ1) is 8.49. The summed E-state index contributed by atoms with van der Waals surface area (Å²) in [5.41, 5.74) is 0. The molecule has 2 atom stereocenters. The van der Waals surface area contributed by atoms with Crippen LogP contribution in [-0.2, 0) is 0 Å². The van der Waals surface area contributed by atoms with Crippen LogP contribution in [0.3, 0.4) is 0 Å². The maximum absolute atomic E-state index is 2.64. The van der Waals surface area contributed by atoms with E-state index in [9.17, 15) is 0 Å². The second-order valence-corrected chi connectivity index (χ2v) is 6.18. The van der Waals surface area contributed by atoms with Crippen LogP contribution >= 0.6 is 0 Å². The fraction of sp³-hybridized carbons (Fsp3) is 1.00. The molecule has 0 aromatic heterocycles. The molecular weight excluding hydrogens is 219 g/mol. The van der Waals surface area contributed by atoms with E-state index in [2.05, 4.69) is 55.7 Å². The monoisotopic (exact) mass is 249 g/mol. The molecule has 0 bridgehead atoms. The topological polar surface area (TPSA) is 9.72 Å². The molecule has 0 radical (unpaired) electrons. The van der Waals surface area contributed by atoms with Crippen molar-refractivity contribution in [1.29, 1.82) is 0 Å². The molecule has 1 fully saturated rings. The van der Waals surface area contributed by atoms with Crippen LogP contribution in [0.15, 0.2) is 0 Å². The summed E-state index contributed by atoms with van der Waals surface area (Å²) in [6.07, 6.45) is 3.82. The Bertz CT molecular complexity index is 241. The second kappa shape index (κ2) is 7.61. The molecule has 18 heavy (non-hydrogen) atoms. The summed E-state index contributed by atoms with van der Waals surface area (Å²) in [6, 6.07) is 2.01. The largest absolute Gasteiger partial charge is 0.361 e. The van der Waals surface area contributed by atoms with Crippen molar-refractivity contribution in [3.05, 3.63) is 0 Å². The standard InChI is InChI=1S/C12H30B3N3/c1-7-9-12(6)18-14-16(10(3)4)13-17(15-18)11(5)8-2/h10-15H,7-9H2,1-6H3. The molecule has 1 saturated heterocycles. The van der Waals surface area contributed by atoms with Gasteiger partial charge in [0, 0.05) is 0 Å². The zero-order chi connectivity index (χ0) is 13.7. The van der Waals surface area contributed by atoms with E-state index in [1.165, 1.54) is 19.3 Å². The molecule has 0 spiro atoms. The van der Waals surface area contributed by atoms with Gasteiger partial charge < -0.3 is 14.2 Å². The number of rotatable bonds is 6. The molecule has 6 heteroatoms. The van der Waals surface area contributed by atoms with Crippen molar-refractivity contribution in [2.45, 2.75) is 78.9 Å². The highest BCUT2D eigenvalue weighted by atomic mass is 15.3. The van der Waals surface area contributed by atoms with Gasteiger partial charge in [0.05, 0.1) is 0 Å². The number of hydrogen-bond acceptors (Lipinski definition) is 3. The molecule has 1 aliphatic heterocycles. The van der Waals surface area contributed by atoms with Gasteiger partial charge in [0.1, 0.15) is 0 Å². The molecule has 1 rings (SSSR count). The third-order valence-corrected chi connectivity index (χ3v) is 4.36. The van der Waals surface area contributed by atoms with E-state index in [1.54, 1.807) is 0 Å². The van der Waals surface area contributed by atoms with Gasteiger partial charge in [0.25, 0.3) is 22.6 Å². The van der Waals surface area contributed by atoms with E-state index in [-0.39, 0.29) is 0 Å². The summed E-state index contributed by atoms with van der Waals surface area (Å²) in [7, 11) is 3.40. The molecule has 1 heterocycles. The van der Waals surface area contributed by atoms with E-state index in [4.69, 9.17) is 0 Å². The molecule has 0 aliphatic carbocycles. The molecule has 0 aromatic rings. The first-order valence-electron chi connectivity index (χ1n) is 7.71. The summed E-state index contributed by atoms with van der Waals surface area (Å²) in [4.78, 5) is 0. The highest BCUT2D eigenvalue weighted by Crippen LogP contribution is 2.14. The molecular formula is C12H30B3N3. The lowest BCUT2D eigenvalue weighted by Crippen LogP contribution is -2.66. The fourth-order valence-electron chi connectivity index (χ4n) is 2.58. The van der Waals surface area contributed by atoms with Crippen molar-refractivity contribution in [3.8, 4) is 0 Å². The number of hydrogen-bond donors (Lipinski definition) is 0. The average molecular weight is 249 g/mol. The molecule has 3 nitrogen and oxygen atoms in total. The SMILES string of the molecule is CCCC(C)N1BN(C(C)C)BN(C(C)CC)B1. The van der Waals surface area contributed by atoms with Crippen LogP contribution in [-0.4, -0.2) is 54.9 Å². The molecule has 0 N–H and O–H groups in total. The Morgan fingerprint density at radius 3 is 1.72 bits per heavy atom. The van der Waals surface area contributed by atoms with Gasteiger partial charge in [-0.05, 0) is 31.0 Å². The van der Waals surface area contributed by atoms with Gasteiger partial charge in [0.2, 0.25) is 0 Å². The maximum atomic E-state index is 2.64. The molecule has 1 aliphatic rings. The van der Waals surface area contributed by atoms with Gasteiger partial charge >= 0.3 is 0 Å². The zero-order valence-electron chi connectivity index (χ0n) is 13.3. The maximum Gasteiger partial charge on any atom is 0.271 e. The smallest absolute Gasteiger partial charge is 0.271 e. The molecule has 2 unspecified atom stereocenters. The lowest BCUT2D eigenvalue weighted by molar-refractivity contribution is 0.353. The lowest BCUT2D eigenvalue weighted by atomic mass is 9.70. The van der Waals surface area contributed by atoms with Crippen molar-refractivity contribution in [2.75, 3.05) is 0 Å². The predicted octanol–water partition coefficient (Wildman–Crippen LogP) is 1.10. The predicted molar refractivity (Wildman–Crippen MR) is 86.2 cm³/mol. The normalized spacial score (nSPS) is 22.2. The van der Waals surface area contributed by atoms with Gasteiger partial charge in [-0.1, -0.05) is 48.0 Å². The summed E-state index contributed by atoms with van der Waals surface area (Å²) >= 11 is 0. The van der Waals surface area contributed by atoms with Crippen LogP contribution in [0, 0.1) is 0 Å². The highest BCUT2D eigenvalue weighted by Gasteiger charge is 2.32. The van der Waals surface area contributed by atoms with Crippen LogP contribution in [0.4, 0.5) is 0 Å². The van der Waals surface area contributed by atoms with Gasteiger partial charge in [0.15, 0.2) is 0 Å². The summed E-state index contributed by atoms with van der Waals surface area (Å²) < 4.78 is 7.84. The van der Waals surface area contributed by atoms with Crippen molar-refractivity contribution < 1.29 is 0 Å². The zero-order valence-corrected chi connectivity index (χ0v) is 13.3. The third kappa shape index (κ3) is 4.32.